The van der Waals surface area contributed by atoms with Crippen LogP contribution >= 0.6 is 0 Å². The monoisotopic (exact) mass is 510 g/mol. The van der Waals surface area contributed by atoms with Gasteiger partial charge >= 0.3 is 12.1 Å². The first-order valence-electron chi connectivity index (χ1n) is 13.1. The van der Waals surface area contributed by atoms with Gasteiger partial charge in [0.1, 0.15) is 12.6 Å². The summed E-state index contributed by atoms with van der Waals surface area (Å²) in [7, 11) is 0. The van der Waals surface area contributed by atoms with Crippen molar-refractivity contribution in [2.45, 2.75) is 51.0 Å². The molecule has 1 aliphatic carbocycles. The Morgan fingerprint density at radius 3 is 2.08 bits per heavy atom. The minimum absolute atomic E-state index is 0.102. The lowest BCUT2D eigenvalue weighted by Crippen LogP contribution is -2.68. The Morgan fingerprint density at radius 2 is 1.47 bits per heavy atom. The Bertz CT molecular complexity index is 1360. The van der Waals surface area contributed by atoms with E-state index in [0.29, 0.717) is 0 Å². The van der Waals surface area contributed by atoms with E-state index >= 15 is 0 Å². The zero-order valence-corrected chi connectivity index (χ0v) is 21.6. The first-order chi connectivity index (χ1) is 18.4. The number of benzene rings is 3. The van der Waals surface area contributed by atoms with Crippen LogP contribution in [0, 0.1) is 5.92 Å². The number of hydrogen-bond donors (Lipinski definition) is 0. The van der Waals surface area contributed by atoms with Crippen molar-refractivity contribution in [1.29, 1.82) is 0 Å². The van der Waals surface area contributed by atoms with Crippen LogP contribution in [0.4, 0.5) is 4.79 Å². The normalized spacial score (nSPS) is 24.2. The summed E-state index contributed by atoms with van der Waals surface area (Å²) in [6, 6.07) is 23.2. The highest BCUT2D eigenvalue weighted by molar-refractivity contribution is 5.95. The van der Waals surface area contributed by atoms with Crippen molar-refractivity contribution < 1.29 is 23.9 Å². The number of ether oxygens (including phenoxy) is 2. The molecule has 0 N–H and O–H groups in total. The van der Waals surface area contributed by atoms with Crippen LogP contribution in [0.2, 0.25) is 0 Å². The van der Waals surface area contributed by atoms with Gasteiger partial charge in [-0.2, -0.15) is 0 Å². The van der Waals surface area contributed by atoms with E-state index in [1.807, 2.05) is 68.4 Å². The highest BCUT2D eigenvalue weighted by Crippen LogP contribution is 2.45. The molecule has 0 saturated carbocycles. The molecule has 2 fully saturated rings. The smallest absolute Gasteiger partial charge is 0.410 e. The van der Waals surface area contributed by atoms with E-state index in [1.165, 1.54) is 9.80 Å². The molecule has 3 aromatic carbocycles. The van der Waals surface area contributed by atoms with Crippen LogP contribution in [-0.2, 0) is 19.1 Å². The van der Waals surface area contributed by atoms with Crippen molar-refractivity contribution in [3.63, 3.8) is 0 Å². The number of cyclic esters (lactones) is 1. The Kier molecular flexibility index (Phi) is 5.94. The quantitative estimate of drug-likeness (QED) is 0.456. The van der Waals surface area contributed by atoms with Crippen molar-refractivity contribution >= 4 is 18.0 Å². The fraction of sp³-hybridized carbons (Fsp3) is 0.323. The highest BCUT2D eigenvalue weighted by atomic mass is 16.6. The molecule has 0 spiro atoms. The number of piperazine rings is 1. The number of amides is 2. The number of rotatable bonds is 4. The lowest BCUT2D eigenvalue weighted by Gasteiger charge is -2.47. The van der Waals surface area contributed by atoms with E-state index < -0.39 is 36.4 Å². The van der Waals surface area contributed by atoms with Gasteiger partial charge in [-0.25, -0.2) is 9.59 Å². The molecule has 0 bridgehead atoms. The van der Waals surface area contributed by atoms with E-state index in [-0.39, 0.29) is 24.3 Å². The SMILES string of the molecule is CC(C)[C@H]1C(=O)N2C(c3ccccc3)OC(=O)[C@@H]2C(C)N1C(=O)OCC1c2ccccc2-c2ccccc21. The Balaban J connectivity index is 1.28. The molecule has 7 nitrogen and oxygen atoms in total. The molecule has 194 valence electrons. The molecule has 3 aromatic rings. The number of carbonyl (C=O) groups is 3. The third-order valence-corrected chi connectivity index (χ3v) is 7.99. The summed E-state index contributed by atoms with van der Waals surface area (Å²) in [5.41, 5.74) is 5.23. The summed E-state index contributed by atoms with van der Waals surface area (Å²) < 4.78 is 11.6. The summed E-state index contributed by atoms with van der Waals surface area (Å²) >= 11 is 0. The lowest BCUT2D eigenvalue weighted by atomic mass is 9.91. The second kappa shape index (κ2) is 9.31. The molecule has 6 rings (SSSR count). The molecule has 7 heteroatoms. The number of carbonyl (C=O) groups excluding carboxylic acids is 3. The van der Waals surface area contributed by atoms with E-state index in [9.17, 15) is 14.4 Å². The first-order valence-corrected chi connectivity index (χ1v) is 13.1. The van der Waals surface area contributed by atoms with Gasteiger partial charge < -0.3 is 9.47 Å². The van der Waals surface area contributed by atoms with E-state index in [2.05, 4.69) is 24.3 Å². The second-order valence-electron chi connectivity index (χ2n) is 10.5. The minimum Gasteiger partial charge on any atom is -0.448 e. The number of nitrogens with zero attached hydrogens (tertiary/aromatic N) is 2. The van der Waals surface area contributed by atoms with Crippen LogP contribution in [-0.4, -0.2) is 52.5 Å². The molecule has 0 aromatic heterocycles. The van der Waals surface area contributed by atoms with Gasteiger partial charge in [0.2, 0.25) is 12.1 Å². The third kappa shape index (κ3) is 3.68. The fourth-order valence-corrected chi connectivity index (χ4v) is 6.26. The number of esters is 1. The zero-order valence-electron chi connectivity index (χ0n) is 21.6. The molecular formula is C31H30N2O5. The Morgan fingerprint density at radius 1 is 0.895 bits per heavy atom. The van der Waals surface area contributed by atoms with Crippen LogP contribution in [0.15, 0.2) is 78.9 Å². The molecule has 3 aliphatic rings. The zero-order chi connectivity index (χ0) is 26.6. The lowest BCUT2D eigenvalue weighted by molar-refractivity contribution is -0.154. The van der Waals surface area contributed by atoms with Gasteiger partial charge in [0.25, 0.3) is 0 Å². The van der Waals surface area contributed by atoms with Crippen molar-refractivity contribution in [2.24, 2.45) is 5.92 Å². The Hall–Kier alpha value is -4.13. The van der Waals surface area contributed by atoms with Crippen molar-refractivity contribution in [3.8, 4) is 11.1 Å². The second-order valence-corrected chi connectivity index (χ2v) is 10.5. The van der Waals surface area contributed by atoms with Crippen LogP contribution in [0.25, 0.3) is 11.1 Å². The minimum atomic E-state index is -0.900. The number of fused-ring (bicyclic) bond motifs is 4. The maximum Gasteiger partial charge on any atom is 0.410 e. The Labute approximate surface area is 222 Å². The first kappa shape index (κ1) is 24.2. The van der Waals surface area contributed by atoms with E-state index in [4.69, 9.17) is 9.47 Å². The largest absolute Gasteiger partial charge is 0.448 e. The van der Waals surface area contributed by atoms with Gasteiger partial charge in [-0.05, 0) is 35.1 Å². The predicted octanol–water partition coefficient (Wildman–Crippen LogP) is 5.12. The van der Waals surface area contributed by atoms with Crippen LogP contribution < -0.4 is 0 Å². The molecular weight excluding hydrogens is 480 g/mol. The molecule has 2 unspecified atom stereocenters. The summed E-state index contributed by atoms with van der Waals surface area (Å²) in [4.78, 5) is 43.6. The molecule has 38 heavy (non-hydrogen) atoms. The average Bonchev–Trinajstić information content (AvgIpc) is 3.45. The van der Waals surface area contributed by atoms with Crippen molar-refractivity contribution in [2.75, 3.05) is 6.61 Å². The van der Waals surface area contributed by atoms with Crippen molar-refractivity contribution in [1.82, 2.24) is 9.80 Å². The predicted molar refractivity (Wildman–Crippen MR) is 141 cm³/mol. The fourth-order valence-electron chi connectivity index (χ4n) is 6.26. The molecule has 2 heterocycles. The van der Waals surface area contributed by atoms with Gasteiger partial charge in [-0.3, -0.25) is 14.6 Å². The third-order valence-electron chi connectivity index (χ3n) is 7.99. The van der Waals surface area contributed by atoms with Gasteiger partial charge in [-0.1, -0.05) is 92.7 Å². The standard InChI is InChI=1S/C31H30N2O5/c1-18(2)26-28(34)33-27(30(35)38-29(33)20-11-5-4-6-12-20)19(3)32(26)31(36)37-17-25-23-15-9-7-13-21(23)22-14-8-10-16-24(22)25/h4-16,18-19,25-27,29H,17H2,1-3H3/t19?,26-,27-,29?/m0/s1. The van der Waals surface area contributed by atoms with Gasteiger partial charge in [0.15, 0.2) is 6.04 Å². The van der Waals surface area contributed by atoms with E-state index in [0.717, 1.165) is 27.8 Å². The van der Waals surface area contributed by atoms with E-state index in [1.54, 1.807) is 6.92 Å². The molecule has 2 amide bonds. The van der Waals surface area contributed by atoms with Crippen LogP contribution in [0.5, 0.6) is 0 Å². The summed E-state index contributed by atoms with van der Waals surface area (Å²) in [5, 5.41) is 0. The maximum absolute atomic E-state index is 13.9. The summed E-state index contributed by atoms with van der Waals surface area (Å²) in [6.07, 6.45) is -1.41. The topological polar surface area (TPSA) is 76.2 Å². The van der Waals surface area contributed by atoms with Crippen LogP contribution in [0.1, 0.15) is 49.6 Å². The molecule has 2 aliphatic heterocycles. The summed E-state index contributed by atoms with van der Waals surface area (Å²) in [5.74, 6) is -1.12. The van der Waals surface area contributed by atoms with Gasteiger partial charge in [-0.15, -0.1) is 0 Å². The summed E-state index contributed by atoms with van der Waals surface area (Å²) in [6.45, 7) is 5.72. The average molecular weight is 511 g/mol. The highest BCUT2D eigenvalue weighted by Gasteiger charge is 2.58. The molecule has 2 saturated heterocycles. The van der Waals surface area contributed by atoms with Gasteiger partial charge in [0.05, 0.1) is 6.04 Å². The maximum atomic E-state index is 13.9. The molecule has 4 atom stereocenters. The van der Waals surface area contributed by atoms with Crippen molar-refractivity contribution in [3.05, 3.63) is 95.6 Å². The number of hydrogen-bond acceptors (Lipinski definition) is 5. The van der Waals surface area contributed by atoms with Crippen LogP contribution in [0.3, 0.4) is 0 Å². The molecule has 0 radical (unpaired) electrons. The van der Waals surface area contributed by atoms with Gasteiger partial charge in [0, 0.05) is 11.5 Å².